The summed E-state index contributed by atoms with van der Waals surface area (Å²) in [5.74, 6) is -1.68. The molecule has 30 heavy (non-hydrogen) atoms. The first-order chi connectivity index (χ1) is 14.4. The Morgan fingerprint density at radius 1 is 1.00 bits per heavy atom. The SMILES string of the molecule is CCCNC(=O)c1cccc(NC(=O)C(=O)c2c(C)nn(-c3ccccc3)c2C)c1. The minimum absolute atomic E-state index is 0.227. The lowest BCUT2D eigenvalue weighted by Gasteiger charge is -2.08. The predicted octanol–water partition coefficient (Wildman–Crippen LogP) is 3.45. The van der Waals surface area contributed by atoms with E-state index in [-0.39, 0.29) is 11.5 Å². The molecule has 0 fully saturated rings. The van der Waals surface area contributed by atoms with Crippen LogP contribution in [0.1, 0.15) is 45.4 Å². The summed E-state index contributed by atoms with van der Waals surface area (Å²) >= 11 is 0. The molecule has 2 amide bonds. The molecule has 0 saturated carbocycles. The fourth-order valence-electron chi connectivity index (χ4n) is 3.17. The van der Waals surface area contributed by atoms with Gasteiger partial charge >= 0.3 is 0 Å². The summed E-state index contributed by atoms with van der Waals surface area (Å²) in [6, 6.07) is 15.9. The molecule has 0 atom stereocenters. The van der Waals surface area contributed by atoms with Gasteiger partial charge in [-0.15, -0.1) is 0 Å². The van der Waals surface area contributed by atoms with Crippen LogP contribution < -0.4 is 10.6 Å². The van der Waals surface area contributed by atoms with Crippen molar-refractivity contribution in [3.63, 3.8) is 0 Å². The molecule has 0 bridgehead atoms. The maximum Gasteiger partial charge on any atom is 0.296 e. The number of amides is 2. The van der Waals surface area contributed by atoms with Crippen LogP contribution in [0.5, 0.6) is 0 Å². The van der Waals surface area contributed by atoms with Gasteiger partial charge in [0.25, 0.3) is 17.6 Å². The van der Waals surface area contributed by atoms with Gasteiger partial charge in [-0.25, -0.2) is 4.68 Å². The summed E-state index contributed by atoms with van der Waals surface area (Å²) in [5, 5.41) is 9.79. The summed E-state index contributed by atoms with van der Waals surface area (Å²) in [6.45, 7) is 5.99. The van der Waals surface area contributed by atoms with Crippen LogP contribution in [0.3, 0.4) is 0 Å². The normalized spacial score (nSPS) is 10.5. The van der Waals surface area contributed by atoms with Gasteiger partial charge in [-0.05, 0) is 50.6 Å². The van der Waals surface area contributed by atoms with Crippen molar-refractivity contribution < 1.29 is 14.4 Å². The Hall–Kier alpha value is -3.74. The number of aromatic nitrogens is 2. The summed E-state index contributed by atoms with van der Waals surface area (Å²) in [7, 11) is 0. The molecule has 0 spiro atoms. The molecule has 3 rings (SSSR count). The number of carbonyl (C=O) groups excluding carboxylic acids is 3. The smallest absolute Gasteiger partial charge is 0.296 e. The van der Waals surface area contributed by atoms with Gasteiger partial charge < -0.3 is 10.6 Å². The second-order valence-electron chi connectivity index (χ2n) is 6.91. The largest absolute Gasteiger partial charge is 0.352 e. The quantitative estimate of drug-likeness (QED) is 0.466. The van der Waals surface area contributed by atoms with Crippen molar-refractivity contribution in [2.45, 2.75) is 27.2 Å². The van der Waals surface area contributed by atoms with Crippen LogP contribution in [0.15, 0.2) is 54.6 Å². The molecule has 0 aliphatic rings. The van der Waals surface area contributed by atoms with Gasteiger partial charge in [0.2, 0.25) is 0 Å². The predicted molar refractivity (Wildman–Crippen MR) is 115 cm³/mol. The average Bonchev–Trinajstić information content (AvgIpc) is 3.06. The van der Waals surface area contributed by atoms with Crippen molar-refractivity contribution in [2.24, 2.45) is 0 Å². The van der Waals surface area contributed by atoms with E-state index >= 15 is 0 Å². The van der Waals surface area contributed by atoms with Crippen molar-refractivity contribution in [3.8, 4) is 5.69 Å². The van der Waals surface area contributed by atoms with Crippen LogP contribution in [0, 0.1) is 13.8 Å². The van der Waals surface area contributed by atoms with E-state index in [9.17, 15) is 14.4 Å². The maximum atomic E-state index is 12.9. The lowest BCUT2D eigenvalue weighted by molar-refractivity contribution is -0.112. The maximum absolute atomic E-state index is 12.9. The van der Waals surface area contributed by atoms with Crippen molar-refractivity contribution in [3.05, 3.63) is 77.1 Å². The highest BCUT2D eigenvalue weighted by atomic mass is 16.2. The monoisotopic (exact) mass is 404 g/mol. The van der Waals surface area contributed by atoms with Gasteiger partial charge in [0.15, 0.2) is 0 Å². The molecule has 154 valence electrons. The third-order valence-corrected chi connectivity index (χ3v) is 4.64. The van der Waals surface area contributed by atoms with E-state index in [1.165, 1.54) is 0 Å². The van der Waals surface area contributed by atoms with Crippen LogP contribution in [0.4, 0.5) is 5.69 Å². The van der Waals surface area contributed by atoms with Crippen molar-refractivity contribution in [1.29, 1.82) is 0 Å². The lowest BCUT2D eigenvalue weighted by Crippen LogP contribution is -2.25. The van der Waals surface area contributed by atoms with Crippen molar-refractivity contribution >= 4 is 23.3 Å². The zero-order chi connectivity index (χ0) is 21.7. The Morgan fingerprint density at radius 3 is 2.43 bits per heavy atom. The number of nitrogens with zero attached hydrogens (tertiary/aromatic N) is 2. The molecule has 0 aliphatic heterocycles. The molecule has 0 aliphatic carbocycles. The number of ketones is 1. The number of anilines is 1. The first-order valence-corrected chi connectivity index (χ1v) is 9.78. The van der Waals surface area contributed by atoms with Gasteiger partial charge in [-0.2, -0.15) is 5.10 Å². The number of carbonyl (C=O) groups is 3. The van der Waals surface area contributed by atoms with E-state index in [0.29, 0.717) is 29.2 Å². The van der Waals surface area contributed by atoms with E-state index < -0.39 is 11.7 Å². The summed E-state index contributed by atoms with van der Waals surface area (Å²) in [6.07, 6.45) is 0.825. The second-order valence-corrected chi connectivity index (χ2v) is 6.91. The van der Waals surface area contributed by atoms with Gasteiger partial charge in [0.05, 0.1) is 22.6 Å². The number of hydrogen-bond donors (Lipinski definition) is 2. The number of rotatable bonds is 7. The van der Waals surface area contributed by atoms with E-state index in [1.54, 1.807) is 42.8 Å². The highest BCUT2D eigenvalue weighted by Crippen LogP contribution is 2.19. The molecule has 3 aromatic rings. The second kappa shape index (κ2) is 9.17. The third kappa shape index (κ3) is 4.46. The van der Waals surface area contributed by atoms with Crippen LogP contribution in [-0.2, 0) is 4.79 Å². The first-order valence-electron chi connectivity index (χ1n) is 9.78. The van der Waals surface area contributed by atoms with Gasteiger partial charge in [0, 0.05) is 17.8 Å². The number of benzene rings is 2. The number of hydrogen-bond acceptors (Lipinski definition) is 4. The van der Waals surface area contributed by atoms with Crippen molar-refractivity contribution in [2.75, 3.05) is 11.9 Å². The molecule has 0 unspecified atom stereocenters. The average molecular weight is 404 g/mol. The first kappa shape index (κ1) is 21.0. The summed E-state index contributed by atoms with van der Waals surface area (Å²) in [5.41, 5.74) is 2.94. The lowest BCUT2D eigenvalue weighted by atomic mass is 10.1. The fourth-order valence-corrected chi connectivity index (χ4v) is 3.17. The Bertz CT molecular complexity index is 1090. The van der Waals surface area contributed by atoms with Crippen LogP contribution in [0.25, 0.3) is 5.69 Å². The van der Waals surface area contributed by atoms with Crippen LogP contribution in [0.2, 0.25) is 0 Å². The minimum Gasteiger partial charge on any atom is -0.352 e. The molecular weight excluding hydrogens is 380 g/mol. The van der Waals surface area contributed by atoms with E-state index in [2.05, 4.69) is 15.7 Å². The highest BCUT2D eigenvalue weighted by Gasteiger charge is 2.25. The Labute approximate surface area is 175 Å². The minimum atomic E-state index is -0.778. The zero-order valence-corrected chi connectivity index (χ0v) is 17.2. The summed E-state index contributed by atoms with van der Waals surface area (Å²) < 4.78 is 1.65. The Kier molecular flexibility index (Phi) is 6.41. The molecule has 7 nitrogen and oxygen atoms in total. The van der Waals surface area contributed by atoms with Crippen LogP contribution in [-0.4, -0.2) is 33.9 Å². The zero-order valence-electron chi connectivity index (χ0n) is 17.2. The fraction of sp³-hybridized carbons (Fsp3) is 0.217. The molecule has 1 heterocycles. The molecular formula is C23H24N4O3. The Balaban J connectivity index is 1.80. The Morgan fingerprint density at radius 2 is 1.73 bits per heavy atom. The van der Waals surface area contributed by atoms with Crippen LogP contribution >= 0.6 is 0 Å². The molecule has 1 aromatic heterocycles. The summed E-state index contributed by atoms with van der Waals surface area (Å²) in [4.78, 5) is 37.6. The van der Waals surface area contributed by atoms with Gasteiger partial charge in [-0.3, -0.25) is 14.4 Å². The standard InChI is InChI=1S/C23H24N4O3/c1-4-13-24-22(29)17-9-8-10-18(14-17)25-23(30)21(28)20-15(2)26-27(16(20)3)19-11-6-5-7-12-19/h5-12,14H,4,13H2,1-3H3,(H,24,29)(H,25,30). The topological polar surface area (TPSA) is 93.1 Å². The van der Waals surface area contributed by atoms with E-state index in [4.69, 9.17) is 0 Å². The third-order valence-electron chi connectivity index (χ3n) is 4.64. The van der Waals surface area contributed by atoms with E-state index in [0.717, 1.165) is 12.1 Å². The molecule has 2 aromatic carbocycles. The molecule has 2 N–H and O–H groups in total. The number of aryl methyl sites for hydroxylation is 1. The molecule has 7 heteroatoms. The van der Waals surface area contributed by atoms with Gasteiger partial charge in [-0.1, -0.05) is 31.2 Å². The van der Waals surface area contributed by atoms with Gasteiger partial charge in [0.1, 0.15) is 0 Å². The van der Waals surface area contributed by atoms with E-state index in [1.807, 2.05) is 37.3 Å². The highest BCUT2D eigenvalue weighted by molar-refractivity contribution is 6.47. The van der Waals surface area contributed by atoms with Crippen molar-refractivity contribution in [1.82, 2.24) is 15.1 Å². The number of Topliss-reactive ketones (excluding diaryl/α,β-unsaturated/α-hetero) is 1. The number of nitrogens with one attached hydrogen (secondary N) is 2. The molecule has 0 saturated heterocycles. The number of para-hydroxylation sites is 1. The molecule has 0 radical (unpaired) electrons.